The Bertz CT molecular complexity index is 1060. The number of anilines is 1. The minimum Gasteiger partial charge on any atom is -0.367 e. The van der Waals surface area contributed by atoms with Crippen molar-refractivity contribution in [3.63, 3.8) is 0 Å². The summed E-state index contributed by atoms with van der Waals surface area (Å²) in [7, 11) is 0. The highest BCUT2D eigenvalue weighted by Gasteiger charge is 2.31. The molecule has 2 heterocycles. The number of halogens is 4. The Hall–Kier alpha value is -2.35. The van der Waals surface area contributed by atoms with Gasteiger partial charge in [-0.3, -0.25) is 0 Å². The third kappa shape index (κ3) is 3.85. The Morgan fingerprint density at radius 3 is 2.27 bits per heavy atom. The zero-order valence-electron chi connectivity index (χ0n) is 17.0. The number of benzene rings is 1. The number of nitrogens with zero attached hydrogens (tertiary/aromatic N) is 4. The van der Waals surface area contributed by atoms with E-state index >= 15 is 0 Å². The average Bonchev–Trinajstić information content (AvgIpc) is 3.11. The number of hydrogen-bond donors (Lipinski definition) is 1. The first-order chi connectivity index (χ1) is 14.1. The number of rotatable bonds is 3. The molecule has 1 fully saturated rings. The van der Waals surface area contributed by atoms with Crippen molar-refractivity contribution >= 4 is 23.2 Å². The first-order valence-electron chi connectivity index (χ1n) is 9.96. The third-order valence-corrected chi connectivity index (χ3v) is 6.21. The summed E-state index contributed by atoms with van der Waals surface area (Å²) in [5.41, 5.74) is -0.213. The molecule has 1 aliphatic carbocycles. The summed E-state index contributed by atoms with van der Waals surface area (Å²) in [5.74, 6) is -2.02. The maximum Gasteiger partial charge on any atom is 0.255 e. The van der Waals surface area contributed by atoms with Crippen LogP contribution in [0.3, 0.4) is 0 Å². The van der Waals surface area contributed by atoms with Gasteiger partial charge in [0.25, 0.3) is 5.78 Å². The van der Waals surface area contributed by atoms with Gasteiger partial charge in [0.05, 0.1) is 11.1 Å². The van der Waals surface area contributed by atoms with E-state index in [9.17, 15) is 13.2 Å². The van der Waals surface area contributed by atoms with E-state index in [0.29, 0.717) is 23.9 Å². The van der Waals surface area contributed by atoms with Crippen LogP contribution in [0.25, 0.3) is 16.9 Å². The topological polar surface area (TPSA) is 55.1 Å². The predicted octanol–water partition coefficient (Wildman–Crippen LogP) is 5.88. The second-order valence-electron chi connectivity index (χ2n) is 8.90. The van der Waals surface area contributed by atoms with E-state index in [1.54, 1.807) is 0 Å². The van der Waals surface area contributed by atoms with Gasteiger partial charge in [0.2, 0.25) is 0 Å². The van der Waals surface area contributed by atoms with E-state index in [4.69, 9.17) is 11.6 Å². The summed E-state index contributed by atoms with van der Waals surface area (Å²) in [6.07, 6.45) is 5.16. The molecular weight excluding hydrogens is 415 g/mol. The van der Waals surface area contributed by atoms with Gasteiger partial charge >= 0.3 is 0 Å². The predicted molar refractivity (Wildman–Crippen MR) is 110 cm³/mol. The van der Waals surface area contributed by atoms with Crippen molar-refractivity contribution in [2.75, 3.05) is 5.32 Å². The lowest BCUT2D eigenvalue weighted by Crippen LogP contribution is -2.32. The fourth-order valence-corrected chi connectivity index (χ4v) is 4.51. The van der Waals surface area contributed by atoms with Gasteiger partial charge in [0, 0.05) is 18.2 Å². The highest BCUT2D eigenvalue weighted by molar-refractivity contribution is 6.33. The van der Waals surface area contributed by atoms with E-state index in [-0.39, 0.29) is 28.0 Å². The molecule has 0 spiro atoms. The average molecular weight is 438 g/mol. The molecule has 1 saturated carbocycles. The van der Waals surface area contributed by atoms with Crippen LogP contribution in [0, 0.1) is 28.8 Å². The minimum atomic E-state index is -1.06. The van der Waals surface area contributed by atoms with Crippen LogP contribution >= 0.6 is 11.6 Å². The molecule has 4 rings (SSSR count). The van der Waals surface area contributed by atoms with Gasteiger partial charge < -0.3 is 5.32 Å². The van der Waals surface area contributed by atoms with Crippen molar-refractivity contribution in [2.24, 2.45) is 11.3 Å². The lowest BCUT2D eigenvalue weighted by atomic mass is 9.71. The van der Waals surface area contributed by atoms with Gasteiger partial charge in [-0.1, -0.05) is 32.4 Å². The quantitative estimate of drug-likeness (QED) is 0.520. The number of nitrogens with one attached hydrogen (secondary N) is 1. The van der Waals surface area contributed by atoms with Crippen LogP contribution in [0.15, 0.2) is 18.5 Å². The maximum absolute atomic E-state index is 14.6. The van der Waals surface area contributed by atoms with Crippen LogP contribution in [0.4, 0.5) is 19.0 Å². The van der Waals surface area contributed by atoms with Crippen LogP contribution in [0.5, 0.6) is 0 Å². The second kappa shape index (κ2) is 7.72. The SMILES string of the molecule is CC(C)(C)C1CCC(Nc2c(-c3c(F)cc(F)cc3F)c(Cl)nc3ncnn23)CC1. The molecule has 0 bridgehead atoms. The van der Waals surface area contributed by atoms with Gasteiger partial charge in [-0.25, -0.2) is 13.2 Å². The molecular formula is C21H23ClF3N5. The minimum absolute atomic E-state index is 0.00242. The van der Waals surface area contributed by atoms with Crippen molar-refractivity contribution in [3.05, 3.63) is 41.1 Å². The highest BCUT2D eigenvalue weighted by Crippen LogP contribution is 2.41. The summed E-state index contributed by atoms with van der Waals surface area (Å²) in [6, 6.07) is 1.32. The van der Waals surface area contributed by atoms with E-state index < -0.39 is 23.0 Å². The molecule has 0 atom stereocenters. The monoisotopic (exact) mass is 437 g/mol. The Balaban J connectivity index is 1.77. The molecule has 9 heteroatoms. The van der Waals surface area contributed by atoms with Gasteiger partial charge in [-0.15, -0.1) is 0 Å². The molecule has 1 N–H and O–H groups in total. The van der Waals surface area contributed by atoms with Crippen molar-refractivity contribution in [1.82, 2.24) is 19.6 Å². The summed E-state index contributed by atoms with van der Waals surface area (Å²) in [5, 5.41) is 7.38. The molecule has 0 saturated heterocycles. The summed E-state index contributed by atoms with van der Waals surface area (Å²) in [4.78, 5) is 8.14. The lowest BCUT2D eigenvalue weighted by Gasteiger charge is -2.37. The maximum atomic E-state index is 14.6. The zero-order valence-corrected chi connectivity index (χ0v) is 17.8. The molecule has 0 radical (unpaired) electrons. The van der Waals surface area contributed by atoms with Crippen LogP contribution in [0.1, 0.15) is 46.5 Å². The standard InChI is InChI=1S/C21H23ClF3N5/c1-21(2,3)11-4-6-13(7-5-11)28-19-17(16-14(24)8-12(23)9-15(16)25)18(22)29-20-26-10-27-30(19)20/h8-11,13,28H,4-7H2,1-3H3. The molecule has 1 aromatic carbocycles. The van der Waals surface area contributed by atoms with Gasteiger partial charge in [-0.05, 0) is 37.0 Å². The Morgan fingerprint density at radius 1 is 1.03 bits per heavy atom. The fourth-order valence-electron chi connectivity index (χ4n) is 4.25. The van der Waals surface area contributed by atoms with Crippen LogP contribution < -0.4 is 5.32 Å². The van der Waals surface area contributed by atoms with Crippen molar-refractivity contribution in [3.8, 4) is 11.1 Å². The van der Waals surface area contributed by atoms with Crippen LogP contribution in [0.2, 0.25) is 5.15 Å². The van der Waals surface area contributed by atoms with Crippen molar-refractivity contribution < 1.29 is 13.2 Å². The molecule has 30 heavy (non-hydrogen) atoms. The zero-order chi connectivity index (χ0) is 21.6. The van der Waals surface area contributed by atoms with Crippen LogP contribution in [-0.4, -0.2) is 25.6 Å². The van der Waals surface area contributed by atoms with Crippen molar-refractivity contribution in [2.45, 2.75) is 52.5 Å². The van der Waals surface area contributed by atoms with E-state index in [0.717, 1.165) is 25.7 Å². The molecule has 0 aliphatic heterocycles. The molecule has 160 valence electrons. The Morgan fingerprint density at radius 2 is 1.67 bits per heavy atom. The Kier molecular flexibility index (Phi) is 5.38. The fraction of sp³-hybridized carbons (Fsp3) is 0.476. The summed E-state index contributed by atoms with van der Waals surface area (Å²) in [6.45, 7) is 6.72. The largest absolute Gasteiger partial charge is 0.367 e. The first-order valence-corrected chi connectivity index (χ1v) is 10.3. The lowest BCUT2D eigenvalue weighted by molar-refractivity contribution is 0.173. The second-order valence-corrected chi connectivity index (χ2v) is 9.26. The molecule has 5 nitrogen and oxygen atoms in total. The van der Waals surface area contributed by atoms with E-state index in [1.807, 2.05) is 0 Å². The Labute approximate surface area is 177 Å². The van der Waals surface area contributed by atoms with Gasteiger partial charge in [-0.2, -0.15) is 19.6 Å². The number of hydrogen-bond acceptors (Lipinski definition) is 4. The van der Waals surface area contributed by atoms with E-state index in [1.165, 1.54) is 10.8 Å². The normalized spacial score (nSPS) is 20.0. The van der Waals surface area contributed by atoms with Gasteiger partial charge in [0.15, 0.2) is 0 Å². The van der Waals surface area contributed by atoms with Gasteiger partial charge in [0.1, 0.15) is 34.7 Å². The third-order valence-electron chi connectivity index (χ3n) is 5.93. The number of fused-ring (bicyclic) bond motifs is 1. The summed E-state index contributed by atoms with van der Waals surface area (Å²) >= 11 is 6.32. The van der Waals surface area contributed by atoms with Crippen LogP contribution in [-0.2, 0) is 0 Å². The molecule has 0 unspecified atom stereocenters. The van der Waals surface area contributed by atoms with Crippen molar-refractivity contribution in [1.29, 1.82) is 0 Å². The molecule has 2 aromatic heterocycles. The first kappa shape index (κ1) is 20.9. The highest BCUT2D eigenvalue weighted by atomic mass is 35.5. The smallest absolute Gasteiger partial charge is 0.255 e. The summed E-state index contributed by atoms with van der Waals surface area (Å²) < 4.78 is 44.0. The molecule has 3 aromatic rings. The number of aromatic nitrogens is 4. The molecule has 0 amide bonds. The molecule has 1 aliphatic rings. The van der Waals surface area contributed by atoms with E-state index in [2.05, 4.69) is 41.2 Å².